The fourth-order valence-corrected chi connectivity index (χ4v) is 3.94. The molecule has 1 N–H and O–H groups in total. The van der Waals surface area contributed by atoms with Gasteiger partial charge in [-0.25, -0.2) is 13.8 Å². The highest BCUT2D eigenvalue weighted by Crippen LogP contribution is 2.39. The van der Waals surface area contributed by atoms with Crippen molar-refractivity contribution in [2.45, 2.75) is 30.8 Å². The lowest BCUT2D eigenvalue weighted by molar-refractivity contribution is 0.270. The monoisotopic (exact) mass is 431 g/mol. The van der Waals surface area contributed by atoms with Gasteiger partial charge in [0.15, 0.2) is 0 Å². The van der Waals surface area contributed by atoms with Gasteiger partial charge >= 0.3 is 0 Å². The number of rotatable bonds is 5. The zero-order valence-electron chi connectivity index (χ0n) is 14.9. The van der Waals surface area contributed by atoms with E-state index in [1.54, 1.807) is 30.5 Å². The molecule has 3 aromatic rings. The van der Waals surface area contributed by atoms with Crippen LogP contribution in [0.1, 0.15) is 41.8 Å². The second kappa shape index (κ2) is 7.52. The zero-order chi connectivity index (χ0) is 19.0. The van der Waals surface area contributed by atoms with Gasteiger partial charge in [-0.1, -0.05) is 24.3 Å². The summed E-state index contributed by atoms with van der Waals surface area (Å²) in [5.74, 6) is 0.607. The molecule has 0 radical (unpaired) electrons. The number of aryl methyl sites for hydroxylation is 1. The molecule has 1 aliphatic rings. The van der Waals surface area contributed by atoms with Crippen LogP contribution in [0.25, 0.3) is 0 Å². The quantitative estimate of drug-likeness (QED) is 0.609. The maximum Gasteiger partial charge on any atom is 0.137 e. The Kier molecular flexibility index (Phi) is 5.10. The zero-order valence-corrected chi connectivity index (χ0v) is 16.5. The third-order valence-corrected chi connectivity index (χ3v) is 5.93. The van der Waals surface area contributed by atoms with Crippen LogP contribution < -0.4 is 5.32 Å². The molecule has 4 rings (SSSR count). The van der Waals surface area contributed by atoms with Gasteiger partial charge in [-0.3, -0.25) is 0 Å². The summed E-state index contributed by atoms with van der Waals surface area (Å²) in [6.07, 6.45) is 5.35. The Labute approximate surface area is 165 Å². The summed E-state index contributed by atoms with van der Waals surface area (Å²) in [6.45, 7) is 0. The first-order chi connectivity index (χ1) is 13.0. The van der Waals surface area contributed by atoms with Gasteiger partial charge in [0.25, 0.3) is 0 Å². The molecule has 0 spiro atoms. The number of nitrogens with zero attached hydrogens (tertiary/aromatic N) is 2. The summed E-state index contributed by atoms with van der Waals surface area (Å²) in [4.78, 5) is 4.42. The summed E-state index contributed by atoms with van der Waals surface area (Å²) in [7, 11) is 1.91. The minimum Gasteiger partial charge on any atom is -0.336 e. The molecule has 2 aromatic carbocycles. The van der Waals surface area contributed by atoms with Crippen LogP contribution >= 0.6 is 15.9 Å². The van der Waals surface area contributed by atoms with E-state index in [9.17, 15) is 8.78 Å². The minimum absolute atomic E-state index is 0.225. The molecular formula is C21H20BrF2N3. The molecule has 0 aliphatic heterocycles. The van der Waals surface area contributed by atoms with Gasteiger partial charge in [0.05, 0.1) is 10.5 Å². The molecule has 0 amide bonds. The molecule has 140 valence electrons. The van der Waals surface area contributed by atoms with E-state index >= 15 is 0 Å². The fraction of sp³-hybridized carbons (Fsp3) is 0.286. The highest BCUT2D eigenvalue weighted by atomic mass is 79.9. The third kappa shape index (κ3) is 3.69. The summed E-state index contributed by atoms with van der Waals surface area (Å²) in [5, 5.41) is 3.55. The van der Waals surface area contributed by atoms with Crippen molar-refractivity contribution in [2.24, 2.45) is 7.05 Å². The van der Waals surface area contributed by atoms with Crippen molar-refractivity contribution >= 4 is 15.9 Å². The average Bonchev–Trinajstić information content (AvgIpc) is 3.04. The molecule has 1 atom stereocenters. The molecule has 0 bridgehead atoms. The normalized spacial score (nSPS) is 20.3. The minimum atomic E-state index is -0.321. The van der Waals surface area contributed by atoms with Gasteiger partial charge in [-0.2, -0.15) is 0 Å². The number of imidazole rings is 1. The van der Waals surface area contributed by atoms with E-state index < -0.39 is 0 Å². The van der Waals surface area contributed by atoms with Crippen molar-refractivity contribution in [3.63, 3.8) is 0 Å². The van der Waals surface area contributed by atoms with E-state index in [-0.39, 0.29) is 23.7 Å². The van der Waals surface area contributed by atoms with Crippen LogP contribution in [0, 0.1) is 11.6 Å². The van der Waals surface area contributed by atoms with Crippen molar-refractivity contribution in [1.82, 2.24) is 14.9 Å². The maximum atomic E-state index is 14.4. The van der Waals surface area contributed by atoms with Gasteiger partial charge in [0.1, 0.15) is 17.5 Å². The second-order valence-corrected chi connectivity index (χ2v) is 7.91. The molecular weight excluding hydrogens is 412 g/mol. The average molecular weight is 432 g/mol. The first-order valence-electron chi connectivity index (χ1n) is 8.95. The Balaban J connectivity index is 1.51. The molecule has 6 heteroatoms. The van der Waals surface area contributed by atoms with E-state index in [2.05, 4.69) is 26.2 Å². The van der Waals surface area contributed by atoms with Crippen LogP contribution in [-0.2, 0) is 7.05 Å². The smallest absolute Gasteiger partial charge is 0.137 e. The van der Waals surface area contributed by atoms with E-state index in [0.717, 1.165) is 24.2 Å². The molecule has 27 heavy (non-hydrogen) atoms. The van der Waals surface area contributed by atoms with Gasteiger partial charge in [-0.15, -0.1) is 0 Å². The van der Waals surface area contributed by atoms with E-state index in [4.69, 9.17) is 0 Å². The lowest BCUT2D eigenvalue weighted by atomic mass is 9.75. The molecule has 1 aliphatic carbocycles. The van der Waals surface area contributed by atoms with Crippen molar-refractivity contribution in [1.29, 1.82) is 0 Å². The Morgan fingerprint density at radius 3 is 2.59 bits per heavy atom. The van der Waals surface area contributed by atoms with Crippen LogP contribution in [0.4, 0.5) is 8.78 Å². The Morgan fingerprint density at radius 1 is 1.15 bits per heavy atom. The van der Waals surface area contributed by atoms with Crippen LogP contribution in [0.3, 0.4) is 0 Å². The molecule has 0 saturated heterocycles. The van der Waals surface area contributed by atoms with E-state index in [1.165, 1.54) is 6.07 Å². The predicted octanol–water partition coefficient (Wildman–Crippen LogP) is 5.09. The standard InChI is InChI=1S/C21H20BrF2N3/c1-27-9-8-25-21(27)20(16-4-2-3-5-18(16)23)26-15-10-14(11-15)13-6-7-17(22)19(24)12-13/h2-9,12,14-15,20,26H,10-11H2,1H3. The molecule has 1 saturated carbocycles. The number of benzene rings is 2. The van der Waals surface area contributed by atoms with Crippen LogP contribution in [0.15, 0.2) is 59.3 Å². The summed E-state index contributed by atoms with van der Waals surface area (Å²) < 4.78 is 30.6. The van der Waals surface area contributed by atoms with Gasteiger partial charge < -0.3 is 9.88 Å². The van der Waals surface area contributed by atoms with Gasteiger partial charge in [-0.05, 0) is 58.5 Å². The number of nitrogens with one attached hydrogen (secondary N) is 1. The SMILES string of the molecule is Cn1ccnc1C(NC1CC(c2ccc(Br)c(F)c2)C1)c1ccccc1F. The van der Waals surface area contributed by atoms with Crippen LogP contribution in [-0.4, -0.2) is 15.6 Å². The van der Waals surface area contributed by atoms with Crippen LogP contribution in [0.2, 0.25) is 0 Å². The lowest BCUT2D eigenvalue weighted by Crippen LogP contribution is -2.43. The fourth-order valence-electron chi connectivity index (χ4n) is 3.70. The first-order valence-corrected chi connectivity index (χ1v) is 9.75. The summed E-state index contributed by atoms with van der Waals surface area (Å²) >= 11 is 3.19. The highest BCUT2D eigenvalue weighted by molar-refractivity contribution is 9.10. The lowest BCUT2D eigenvalue weighted by Gasteiger charge is -2.39. The predicted molar refractivity (Wildman–Crippen MR) is 104 cm³/mol. The number of aromatic nitrogens is 2. The number of hydrogen-bond acceptors (Lipinski definition) is 2. The third-order valence-electron chi connectivity index (χ3n) is 5.29. The van der Waals surface area contributed by atoms with Crippen molar-refractivity contribution < 1.29 is 8.78 Å². The molecule has 1 fully saturated rings. The Morgan fingerprint density at radius 2 is 1.93 bits per heavy atom. The van der Waals surface area contributed by atoms with Crippen molar-refractivity contribution in [3.05, 3.63) is 87.9 Å². The molecule has 1 unspecified atom stereocenters. The summed E-state index contributed by atoms with van der Waals surface area (Å²) in [5.41, 5.74) is 1.60. The van der Waals surface area contributed by atoms with E-state index in [1.807, 2.05) is 29.9 Å². The van der Waals surface area contributed by atoms with E-state index in [0.29, 0.717) is 16.0 Å². The van der Waals surface area contributed by atoms with Crippen LogP contribution in [0.5, 0.6) is 0 Å². The van der Waals surface area contributed by atoms with Gasteiger partial charge in [0, 0.05) is 31.0 Å². The Hall–Kier alpha value is -2.05. The summed E-state index contributed by atoms with van der Waals surface area (Å²) in [6, 6.07) is 12.0. The first kappa shape index (κ1) is 18.3. The van der Waals surface area contributed by atoms with Crippen molar-refractivity contribution in [2.75, 3.05) is 0 Å². The highest BCUT2D eigenvalue weighted by Gasteiger charge is 2.34. The maximum absolute atomic E-state index is 14.4. The number of halogens is 3. The largest absolute Gasteiger partial charge is 0.336 e. The number of hydrogen-bond donors (Lipinski definition) is 1. The molecule has 3 nitrogen and oxygen atoms in total. The molecule has 1 heterocycles. The molecule has 1 aromatic heterocycles. The van der Waals surface area contributed by atoms with Gasteiger partial charge in [0.2, 0.25) is 0 Å². The second-order valence-electron chi connectivity index (χ2n) is 7.06. The van der Waals surface area contributed by atoms with Crippen molar-refractivity contribution in [3.8, 4) is 0 Å². The topological polar surface area (TPSA) is 29.9 Å². The Bertz CT molecular complexity index is 950.